The summed E-state index contributed by atoms with van der Waals surface area (Å²) in [5.41, 5.74) is 0.957. The molecule has 5 nitrogen and oxygen atoms in total. The molecule has 2 rings (SSSR count). The van der Waals surface area contributed by atoms with Crippen molar-refractivity contribution in [3.05, 3.63) is 59.5 Å². The maximum absolute atomic E-state index is 13.6. The zero-order valence-electron chi connectivity index (χ0n) is 14.1. The van der Waals surface area contributed by atoms with Gasteiger partial charge in [-0.05, 0) is 45.3 Å². The highest BCUT2D eigenvalue weighted by atomic mass is 19.1. The Kier molecular flexibility index (Phi) is 6.69. The maximum Gasteiger partial charge on any atom is 0.251 e. The number of carbonyl (C=O) groups excluding carboxylic acids is 1. The third-order valence-electron chi connectivity index (χ3n) is 3.51. The molecule has 1 aromatic heterocycles. The van der Waals surface area contributed by atoms with E-state index in [9.17, 15) is 9.18 Å². The predicted octanol–water partition coefficient (Wildman–Crippen LogP) is 2.51. The Morgan fingerprint density at radius 1 is 1.25 bits per heavy atom. The summed E-state index contributed by atoms with van der Waals surface area (Å²) in [4.78, 5) is 18.5. The predicted molar refractivity (Wildman–Crippen MR) is 93.5 cm³/mol. The van der Waals surface area contributed by atoms with Gasteiger partial charge in [0.1, 0.15) is 11.6 Å². The molecule has 0 radical (unpaired) electrons. The van der Waals surface area contributed by atoms with Crippen molar-refractivity contribution in [2.24, 2.45) is 0 Å². The van der Waals surface area contributed by atoms with Crippen LogP contribution in [0.3, 0.4) is 0 Å². The molecule has 6 heteroatoms. The van der Waals surface area contributed by atoms with Crippen LogP contribution in [0.5, 0.6) is 0 Å². The summed E-state index contributed by atoms with van der Waals surface area (Å²) in [5.74, 6) is 0.0834. The van der Waals surface area contributed by atoms with Gasteiger partial charge in [0.05, 0.1) is 0 Å². The highest BCUT2D eigenvalue weighted by Crippen LogP contribution is 2.09. The molecule has 0 aliphatic heterocycles. The van der Waals surface area contributed by atoms with Crippen molar-refractivity contribution >= 4 is 11.7 Å². The molecule has 0 saturated carbocycles. The average Bonchev–Trinajstić information content (AvgIpc) is 2.58. The van der Waals surface area contributed by atoms with Crippen molar-refractivity contribution in [3.63, 3.8) is 0 Å². The molecule has 0 saturated heterocycles. The number of benzene rings is 1. The van der Waals surface area contributed by atoms with Crippen LogP contribution in [-0.4, -0.2) is 43.0 Å². The highest BCUT2D eigenvalue weighted by molar-refractivity contribution is 5.94. The molecule has 0 spiro atoms. The fourth-order valence-electron chi connectivity index (χ4n) is 2.20. The monoisotopic (exact) mass is 330 g/mol. The molecule has 0 aliphatic rings. The summed E-state index contributed by atoms with van der Waals surface area (Å²) in [7, 11) is 4.05. The minimum absolute atomic E-state index is 0.152. The van der Waals surface area contributed by atoms with Gasteiger partial charge < -0.3 is 15.5 Å². The molecule has 24 heavy (non-hydrogen) atoms. The lowest BCUT2D eigenvalue weighted by atomic mass is 10.2. The first-order valence-corrected chi connectivity index (χ1v) is 7.92. The van der Waals surface area contributed by atoms with Crippen LogP contribution in [0.2, 0.25) is 0 Å². The minimum Gasteiger partial charge on any atom is -0.370 e. The van der Waals surface area contributed by atoms with E-state index >= 15 is 0 Å². The van der Waals surface area contributed by atoms with E-state index in [1.807, 2.05) is 14.1 Å². The number of anilines is 1. The van der Waals surface area contributed by atoms with E-state index in [1.54, 1.807) is 36.5 Å². The van der Waals surface area contributed by atoms with E-state index in [2.05, 4.69) is 20.5 Å². The van der Waals surface area contributed by atoms with Gasteiger partial charge in [-0.25, -0.2) is 9.37 Å². The molecule has 0 atom stereocenters. The van der Waals surface area contributed by atoms with Crippen LogP contribution in [0.4, 0.5) is 10.2 Å². The van der Waals surface area contributed by atoms with Gasteiger partial charge in [-0.15, -0.1) is 0 Å². The largest absolute Gasteiger partial charge is 0.370 e. The Labute approximate surface area is 141 Å². The number of hydrogen-bond donors (Lipinski definition) is 2. The Bertz CT molecular complexity index is 676. The van der Waals surface area contributed by atoms with E-state index in [-0.39, 0.29) is 18.3 Å². The van der Waals surface area contributed by atoms with Gasteiger partial charge in [0.2, 0.25) is 0 Å². The number of hydrogen-bond acceptors (Lipinski definition) is 4. The maximum atomic E-state index is 13.6. The van der Waals surface area contributed by atoms with E-state index in [1.165, 1.54) is 6.07 Å². The Balaban J connectivity index is 1.88. The van der Waals surface area contributed by atoms with Crippen LogP contribution in [-0.2, 0) is 6.54 Å². The molecular formula is C18H23FN4O. The first kappa shape index (κ1) is 17.9. The van der Waals surface area contributed by atoms with Gasteiger partial charge in [-0.2, -0.15) is 0 Å². The summed E-state index contributed by atoms with van der Waals surface area (Å²) in [6.45, 7) is 1.92. The number of pyridine rings is 1. The summed E-state index contributed by atoms with van der Waals surface area (Å²) in [5, 5.41) is 5.92. The van der Waals surface area contributed by atoms with Crippen LogP contribution in [0.1, 0.15) is 22.3 Å². The number of halogens is 1. The first-order chi connectivity index (χ1) is 11.6. The van der Waals surface area contributed by atoms with E-state index < -0.39 is 0 Å². The van der Waals surface area contributed by atoms with Crippen LogP contribution in [0.15, 0.2) is 42.6 Å². The summed E-state index contributed by atoms with van der Waals surface area (Å²) in [6, 6.07) is 9.74. The fourth-order valence-corrected chi connectivity index (χ4v) is 2.20. The van der Waals surface area contributed by atoms with Gasteiger partial charge in [0.15, 0.2) is 0 Å². The quantitative estimate of drug-likeness (QED) is 0.730. The fraction of sp³-hybridized carbons (Fsp3) is 0.333. The second-order valence-electron chi connectivity index (χ2n) is 5.79. The zero-order valence-corrected chi connectivity index (χ0v) is 14.1. The molecule has 1 amide bonds. The normalized spacial score (nSPS) is 10.7. The molecule has 1 aromatic carbocycles. The summed E-state index contributed by atoms with van der Waals surface area (Å²) in [6.07, 6.45) is 2.57. The van der Waals surface area contributed by atoms with Crippen LogP contribution < -0.4 is 10.6 Å². The lowest BCUT2D eigenvalue weighted by molar-refractivity contribution is 0.0950. The minimum atomic E-state index is -0.323. The number of nitrogens with zero attached hydrogens (tertiary/aromatic N) is 2. The van der Waals surface area contributed by atoms with E-state index in [0.29, 0.717) is 16.9 Å². The number of amides is 1. The number of aromatic nitrogens is 1. The second kappa shape index (κ2) is 8.98. The number of carbonyl (C=O) groups is 1. The molecule has 2 N–H and O–H groups in total. The van der Waals surface area contributed by atoms with Crippen molar-refractivity contribution in [2.45, 2.75) is 13.0 Å². The van der Waals surface area contributed by atoms with Crippen molar-refractivity contribution in [3.8, 4) is 0 Å². The Hall–Kier alpha value is -2.47. The standard InChI is InChI=1S/C18H23FN4O/c1-23(2)11-5-9-20-17-12-14(8-10-21-17)18(24)22-13-15-6-3-4-7-16(15)19/h3-4,6-8,10,12H,5,9,11,13H2,1-2H3,(H,20,21)(H,22,24). The third-order valence-corrected chi connectivity index (χ3v) is 3.51. The van der Waals surface area contributed by atoms with Crippen LogP contribution >= 0.6 is 0 Å². The first-order valence-electron chi connectivity index (χ1n) is 7.92. The lowest BCUT2D eigenvalue weighted by Crippen LogP contribution is -2.23. The molecule has 128 valence electrons. The van der Waals surface area contributed by atoms with Crippen LogP contribution in [0, 0.1) is 5.82 Å². The Morgan fingerprint density at radius 3 is 2.79 bits per heavy atom. The van der Waals surface area contributed by atoms with Crippen molar-refractivity contribution in [2.75, 3.05) is 32.5 Å². The average molecular weight is 330 g/mol. The molecule has 0 bridgehead atoms. The third kappa shape index (κ3) is 5.62. The molecule has 2 aromatic rings. The Morgan fingerprint density at radius 2 is 2.04 bits per heavy atom. The highest BCUT2D eigenvalue weighted by Gasteiger charge is 2.08. The molecule has 1 heterocycles. The smallest absolute Gasteiger partial charge is 0.251 e. The molecule has 0 aliphatic carbocycles. The van der Waals surface area contributed by atoms with Gasteiger partial charge in [-0.3, -0.25) is 4.79 Å². The lowest BCUT2D eigenvalue weighted by Gasteiger charge is -2.11. The summed E-state index contributed by atoms with van der Waals surface area (Å²) >= 11 is 0. The van der Waals surface area contributed by atoms with Crippen LogP contribution in [0.25, 0.3) is 0 Å². The number of nitrogens with one attached hydrogen (secondary N) is 2. The topological polar surface area (TPSA) is 57.3 Å². The van der Waals surface area contributed by atoms with Gasteiger partial charge >= 0.3 is 0 Å². The van der Waals surface area contributed by atoms with Gasteiger partial charge in [0, 0.05) is 30.4 Å². The van der Waals surface area contributed by atoms with Crippen molar-refractivity contribution in [1.29, 1.82) is 0 Å². The summed E-state index contributed by atoms with van der Waals surface area (Å²) < 4.78 is 13.6. The SMILES string of the molecule is CN(C)CCCNc1cc(C(=O)NCc2ccccc2F)ccn1. The van der Waals surface area contributed by atoms with Gasteiger partial charge in [0.25, 0.3) is 5.91 Å². The second-order valence-corrected chi connectivity index (χ2v) is 5.79. The molecular weight excluding hydrogens is 307 g/mol. The van der Waals surface area contributed by atoms with E-state index in [4.69, 9.17) is 0 Å². The molecule has 0 fully saturated rings. The number of rotatable bonds is 8. The van der Waals surface area contributed by atoms with Gasteiger partial charge in [-0.1, -0.05) is 18.2 Å². The molecule has 0 unspecified atom stereocenters. The van der Waals surface area contributed by atoms with E-state index in [0.717, 1.165) is 19.5 Å². The van der Waals surface area contributed by atoms with Crippen molar-refractivity contribution < 1.29 is 9.18 Å². The van der Waals surface area contributed by atoms with Crippen molar-refractivity contribution in [1.82, 2.24) is 15.2 Å². The zero-order chi connectivity index (χ0) is 17.4.